The van der Waals surface area contributed by atoms with Crippen LogP contribution in [0.25, 0.3) is 0 Å². The first-order chi connectivity index (χ1) is 7.51. The summed E-state index contributed by atoms with van der Waals surface area (Å²) in [6.45, 7) is 4.88. The molecule has 0 spiro atoms. The van der Waals surface area contributed by atoms with Crippen molar-refractivity contribution in [2.24, 2.45) is 5.41 Å². The second kappa shape index (κ2) is 4.32. The summed E-state index contributed by atoms with van der Waals surface area (Å²) in [7, 11) is 0. The third kappa shape index (κ3) is 2.08. The van der Waals surface area contributed by atoms with Crippen LogP contribution in [0.15, 0.2) is 18.5 Å². The van der Waals surface area contributed by atoms with Crippen molar-refractivity contribution in [2.75, 3.05) is 0 Å². The van der Waals surface area contributed by atoms with Gasteiger partial charge in [0.05, 0.1) is 11.1 Å². The van der Waals surface area contributed by atoms with Gasteiger partial charge in [0.15, 0.2) is 0 Å². The average Bonchev–Trinajstić information content (AvgIpc) is 2.26. The maximum atomic E-state index is 9.62. The predicted octanol–water partition coefficient (Wildman–Crippen LogP) is 1.98. The van der Waals surface area contributed by atoms with E-state index in [0.717, 1.165) is 18.5 Å². The number of aliphatic hydroxyl groups excluding tert-OH is 1. The van der Waals surface area contributed by atoms with Gasteiger partial charge < -0.3 is 10.4 Å². The second-order valence-corrected chi connectivity index (χ2v) is 5.38. The van der Waals surface area contributed by atoms with E-state index in [0.29, 0.717) is 11.1 Å². The molecule has 0 aliphatic heterocycles. The Balaban J connectivity index is 1.92. The summed E-state index contributed by atoms with van der Waals surface area (Å²) in [5, 5.41) is 13.7. The summed E-state index contributed by atoms with van der Waals surface area (Å²) in [5.74, 6) is 0. The van der Waals surface area contributed by atoms with E-state index in [1.807, 2.05) is 6.07 Å². The van der Waals surface area contributed by atoms with Crippen LogP contribution in [0.2, 0.25) is 5.02 Å². The summed E-state index contributed by atoms with van der Waals surface area (Å²) in [4.78, 5) is 3.95. The minimum absolute atomic E-state index is 0.0422. The normalized spacial score (nSPS) is 27.5. The van der Waals surface area contributed by atoms with Gasteiger partial charge >= 0.3 is 0 Å². The molecule has 1 aromatic heterocycles. The van der Waals surface area contributed by atoms with Crippen molar-refractivity contribution in [3.05, 3.63) is 29.0 Å². The highest BCUT2D eigenvalue weighted by atomic mass is 35.5. The average molecular weight is 241 g/mol. The van der Waals surface area contributed by atoms with Crippen LogP contribution in [0.3, 0.4) is 0 Å². The standard InChI is InChI=1S/C12H17ClN2O/c1-12(2)10(5-11(12)16)15-6-8-3-4-14-7-9(8)13/h3-4,7,10-11,15-16H,5-6H2,1-2H3. The number of aromatic nitrogens is 1. The van der Waals surface area contributed by atoms with E-state index >= 15 is 0 Å². The van der Waals surface area contributed by atoms with E-state index in [2.05, 4.69) is 24.1 Å². The molecule has 2 unspecified atom stereocenters. The number of nitrogens with one attached hydrogen (secondary N) is 1. The fraction of sp³-hybridized carbons (Fsp3) is 0.583. The Morgan fingerprint density at radius 1 is 1.62 bits per heavy atom. The molecule has 1 heterocycles. The van der Waals surface area contributed by atoms with E-state index in [9.17, 15) is 5.11 Å². The van der Waals surface area contributed by atoms with Gasteiger partial charge in [0, 0.05) is 30.4 Å². The molecule has 1 fully saturated rings. The zero-order chi connectivity index (χ0) is 11.8. The topological polar surface area (TPSA) is 45.1 Å². The fourth-order valence-corrected chi connectivity index (χ4v) is 2.22. The zero-order valence-electron chi connectivity index (χ0n) is 9.57. The number of hydrogen-bond acceptors (Lipinski definition) is 3. The lowest BCUT2D eigenvalue weighted by molar-refractivity contribution is -0.0729. The van der Waals surface area contributed by atoms with Gasteiger partial charge in [0.1, 0.15) is 0 Å². The molecular formula is C12H17ClN2O. The molecule has 2 rings (SSSR count). The van der Waals surface area contributed by atoms with Gasteiger partial charge in [0.25, 0.3) is 0 Å². The second-order valence-electron chi connectivity index (χ2n) is 4.97. The van der Waals surface area contributed by atoms with Gasteiger partial charge in [-0.05, 0) is 18.1 Å². The van der Waals surface area contributed by atoms with Gasteiger partial charge in [-0.15, -0.1) is 0 Å². The van der Waals surface area contributed by atoms with Gasteiger partial charge in [-0.2, -0.15) is 0 Å². The first kappa shape index (κ1) is 11.8. The van der Waals surface area contributed by atoms with Crippen molar-refractivity contribution < 1.29 is 5.11 Å². The molecule has 3 nitrogen and oxygen atoms in total. The Labute approximate surface area is 101 Å². The molecule has 1 saturated carbocycles. The molecule has 16 heavy (non-hydrogen) atoms. The van der Waals surface area contributed by atoms with Gasteiger partial charge in [-0.25, -0.2) is 0 Å². The highest BCUT2D eigenvalue weighted by molar-refractivity contribution is 6.31. The lowest BCUT2D eigenvalue weighted by atomic mass is 9.64. The third-order valence-electron chi connectivity index (χ3n) is 3.61. The van der Waals surface area contributed by atoms with Crippen molar-refractivity contribution in [3.8, 4) is 0 Å². The molecule has 0 bridgehead atoms. The van der Waals surface area contributed by atoms with Crippen LogP contribution < -0.4 is 5.32 Å². The highest BCUT2D eigenvalue weighted by Crippen LogP contribution is 2.40. The molecule has 2 atom stereocenters. The maximum absolute atomic E-state index is 9.62. The van der Waals surface area contributed by atoms with Crippen LogP contribution in [0.1, 0.15) is 25.8 Å². The lowest BCUT2D eigenvalue weighted by Gasteiger charge is -2.49. The first-order valence-electron chi connectivity index (χ1n) is 5.51. The molecule has 0 amide bonds. The molecule has 0 aromatic carbocycles. The summed E-state index contributed by atoms with van der Waals surface area (Å²) in [5.41, 5.74) is 1.01. The minimum Gasteiger partial charge on any atom is -0.392 e. The number of nitrogens with zero attached hydrogens (tertiary/aromatic N) is 1. The van der Waals surface area contributed by atoms with Crippen molar-refractivity contribution in [3.63, 3.8) is 0 Å². The summed E-state index contributed by atoms with van der Waals surface area (Å²) in [6, 6.07) is 2.27. The van der Waals surface area contributed by atoms with Crippen molar-refractivity contribution in [1.82, 2.24) is 10.3 Å². The molecular weight excluding hydrogens is 224 g/mol. The van der Waals surface area contributed by atoms with Crippen molar-refractivity contribution in [2.45, 2.75) is 39.0 Å². The Bertz CT molecular complexity index is 381. The quantitative estimate of drug-likeness (QED) is 0.849. The molecule has 88 valence electrons. The van der Waals surface area contributed by atoms with Crippen LogP contribution in [0, 0.1) is 5.41 Å². The largest absolute Gasteiger partial charge is 0.392 e. The fourth-order valence-electron chi connectivity index (χ4n) is 2.03. The lowest BCUT2D eigenvalue weighted by Crippen LogP contribution is -2.59. The van der Waals surface area contributed by atoms with E-state index in [1.165, 1.54) is 0 Å². The molecule has 1 aromatic rings. The summed E-state index contributed by atoms with van der Waals surface area (Å²) in [6.07, 6.45) is 4.01. The zero-order valence-corrected chi connectivity index (χ0v) is 10.3. The Morgan fingerprint density at radius 2 is 2.38 bits per heavy atom. The molecule has 1 aliphatic carbocycles. The Hall–Kier alpha value is -0.640. The number of rotatable bonds is 3. The van der Waals surface area contributed by atoms with Crippen LogP contribution in [0.4, 0.5) is 0 Å². The van der Waals surface area contributed by atoms with Gasteiger partial charge in [0.2, 0.25) is 0 Å². The van der Waals surface area contributed by atoms with Crippen molar-refractivity contribution in [1.29, 1.82) is 0 Å². The number of halogens is 1. The monoisotopic (exact) mass is 240 g/mol. The molecule has 4 heteroatoms. The smallest absolute Gasteiger partial charge is 0.0634 e. The highest BCUT2D eigenvalue weighted by Gasteiger charge is 2.46. The molecule has 0 saturated heterocycles. The predicted molar refractivity (Wildman–Crippen MR) is 64.3 cm³/mol. The summed E-state index contributed by atoms with van der Waals surface area (Å²) >= 11 is 6.02. The number of hydrogen-bond donors (Lipinski definition) is 2. The van der Waals surface area contributed by atoms with E-state index < -0.39 is 0 Å². The van der Waals surface area contributed by atoms with Gasteiger partial charge in [-0.3, -0.25) is 4.98 Å². The summed E-state index contributed by atoms with van der Waals surface area (Å²) < 4.78 is 0. The van der Waals surface area contributed by atoms with Crippen LogP contribution in [-0.4, -0.2) is 22.2 Å². The van der Waals surface area contributed by atoms with Crippen LogP contribution in [-0.2, 0) is 6.54 Å². The SMILES string of the molecule is CC1(C)C(O)CC1NCc1ccncc1Cl. The van der Waals surface area contributed by atoms with E-state index in [-0.39, 0.29) is 11.5 Å². The van der Waals surface area contributed by atoms with Crippen LogP contribution in [0.5, 0.6) is 0 Å². The van der Waals surface area contributed by atoms with Crippen LogP contribution >= 0.6 is 11.6 Å². The minimum atomic E-state index is -0.196. The molecule has 1 aliphatic rings. The Morgan fingerprint density at radius 3 is 2.94 bits per heavy atom. The van der Waals surface area contributed by atoms with E-state index in [4.69, 9.17) is 11.6 Å². The molecule has 0 radical (unpaired) electrons. The van der Waals surface area contributed by atoms with Crippen molar-refractivity contribution >= 4 is 11.6 Å². The molecule has 2 N–H and O–H groups in total. The Kier molecular flexibility index (Phi) is 3.19. The third-order valence-corrected chi connectivity index (χ3v) is 3.95. The maximum Gasteiger partial charge on any atom is 0.0634 e. The van der Waals surface area contributed by atoms with Gasteiger partial charge in [-0.1, -0.05) is 25.4 Å². The number of pyridine rings is 1. The first-order valence-corrected chi connectivity index (χ1v) is 5.89. The number of aliphatic hydroxyl groups is 1. The van der Waals surface area contributed by atoms with E-state index in [1.54, 1.807) is 12.4 Å².